The Bertz CT molecular complexity index is 795. The zero-order chi connectivity index (χ0) is 17.6. The molecule has 1 atom stereocenters. The van der Waals surface area contributed by atoms with Gasteiger partial charge in [-0.25, -0.2) is 23.2 Å². The van der Waals surface area contributed by atoms with Gasteiger partial charge in [0.15, 0.2) is 5.69 Å². The largest absolute Gasteiger partial charge is 0.461 e. The number of hydrogen-bond acceptors (Lipinski definition) is 8. The number of esters is 1. The number of carbonyl (C=O) groups is 1. The van der Waals surface area contributed by atoms with E-state index in [-0.39, 0.29) is 18.9 Å². The highest BCUT2D eigenvalue weighted by molar-refractivity contribution is 7.91. The molecule has 0 aliphatic rings. The van der Waals surface area contributed by atoms with Crippen molar-refractivity contribution in [2.75, 3.05) is 6.61 Å². The molecule has 1 aromatic carbocycles. The van der Waals surface area contributed by atoms with Gasteiger partial charge in [0, 0.05) is 6.20 Å². The normalized spacial score (nSPS) is 12.6. The summed E-state index contributed by atoms with van der Waals surface area (Å²) in [4.78, 5) is 18.8. The maximum absolute atomic E-state index is 12.2. The average Bonchev–Trinajstić information content (AvgIpc) is 2.60. The predicted octanol–water partition coefficient (Wildman–Crippen LogP) is 0.920. The van der Waals surface area contributed by atoms with Crippen LogP contribution in [0.1, 0.15) is 23.0 Å². The number of nitrogens with zero attached hydrogens (tertiary/aromatic N) is 2. The standard InChI is InChI=1S/C15H16N2O6S/c1-2-22-13(18)12-8-9-16-14(17-12)24(20,21)15(19)23-10-11-6-4-3-5-7-11/h3-9,15,19H,2,10H2,1H3. The van der Waals surface area contributed by atoms with Crippen LogP contribution in [0.5, 0.6) is 0 Å². The highest BCUT2D eigenvalue weighted by Crippen LogP contribution is 2.13. The lowest BCUT2D eigenvalue weighted by Crippen LogP contribution is -2.26. The van der Waals surface area contributed by atoms with Gasteiger partial charge in [-0.05, 0) is 18.6 Å². The molecule has 0 amide bonds. The van der Waals surface area contributed by atoms with Crippen molar-refractivity contribution in [3.63, 3.8) is 0 Å². The smallest absolute Gasteiger partial charge is 0.357 e. The second-order valence-electron chi connectivity index (χ2n) is 4.59. The van der Waals surface area contributed by atoms with Gasteiger partial charge in [0.25, 0.3) is 20.6 Å². The van der Waals surface area contributed by atoms with E-state index in [1.165, 1.54) is 6.07 Å². The van der Waals surface area contributed by atoms with Crippen LogP contribution in [0, 0.1) is 0 Å². The summed E-state index contributed by atoms with van der Waals surface area (Å²) < 4.78 is 34.2. The van der Waals surface area contributed by atoms with Crippen LogP contribution in [0.2, 0.25) is 0 Å². The topological polar surface area (TPSA) is 116 Å². The molecule has 0 radical (unpaired) electrons. The molecular formula is C15H16N2O6S. The summed E-state index contributed by atoms with van der Waals surface area (Å²) in [6, 6.07) is 9.96. The lowest BCUT2D eigenvalue weighted by atomic mass is 10.2. The third kappa shape index (κ3) is 4.34. The van der Waals surface area contributed by atoms with Gasteiger partial charge in [-0.15, -0.1) is 0 Å². The monoisotopic (exact) mass is 352 g/mol. The second-order valence-corrected chi connectivity index (χ2v) is 6.45. The van der Waals surface area contributed by atoms with Gasteiger partial charge in [0.1, 0.15) is 0 Å². The molecule has 8 nitrogen and oxygen atoms in total. The van der Waals surface area contributed by atoms with Crippen molar-refractivity contribution in [2.24, 2.45) is 0 Å². The van der Waals surface area contributed by atoms with Crippen LogP contribution in [-0.4, -0.2) is 41.7 Å². The molecule has 0 spiro atoms. The Hall–Kier alpha value is -2.36. The van der Waals surface area contributed by atoms with Crippen LogP contribution < -0.4 is 0 Å². The number of aliphatic hydroxyl groups excluding tert-OH is 1. The highest BCUT2D eigenvalue weighted by Gasteiger charge is 2.30. The average molecular weight is 352 g/mol. The first-order chi connectivity index (χ1) is 11.4. The SMILES string of the molecule is CCOC(=O)c1ccnc(S(=O)(=O)C(O)OCc2ccccc2)n1. The van der Waals surface area contributed by atoms with Gasteiger partial charge < -0.3 is 14.6 Å². The zero-order valence-electron chi connectivity index (χ0n) is 12.8. The van der Waals surface area contributed by atoms with Crippen molar-refractivity contribution in [2.45, 2.75) is 24.3 Å². The Morgan fingerprint density at radius 1 is 1.25 bits per heavy atom. The maximum atomic E-state index is 12.2. The molecular weight excluding hydrogens is 336 g/mol. The Balaban J connectivity index is 2.14. The quantitative estimate of drug-likeness (QED) is 0.444. The van der Waals surface area contributed by atoms with E-state index in [0.717, 1.165) is 6.20 Å². The fourth-order valence-electron chi connectivity index (χ4n) is 1.72. The molecule has 0 fully saturated rings. The summed E-state index contributed by atoms with van der Waals surface area (Å²) in [5, 5.41) is 9.10. The van der Waals surface area contributed by atoms with Gasteiger partial charge in [0.05, 0.1) is 13.2 Å². The van der Waals surface area contributed by atoms with Crippen LogP contribution in [0.25, 0.3) is 0 Å². The van der Waals surface area contributed by atoms with Gasteiger partial charge in [-0.1, -0.05) is 30.3 Å². The van der Waals surface area contributed by atoms with Crippen molar-refractivity contribution in [1.29, 1.82) is 0 Å². The molecule has 0 aliphatic carbocycles. The van der Waals surface area contributed by atoms with E-state index < -0.39 is 26.6 Å². The fourth-order valence-corrected chi connectivity index (χ4v) is 2.58. The first-order valence-electron chi connectivity index (χ1n) is 7.03. The summed E-state index contributed by atoms with van der Waals surface area (Å²) in [6.07, 6.45) is 1.09. The molecule has 0 saturated heterocycles. The Labute approximate surface area is 139 Å². The van der Waals surface area contributed by atoms with Crippen molar-refractivity contribution in [3.8, 4) is 0 Å². The Morgan fingerprint density at radius 3 is 2.62 bits per heavy atom. The lowest BCUT2D eigenvalue weighted by molar-refractivity contribution is -0.0491. The summed E-state index contributed by atoms with van der Waals surface area (Å²) in [5.74, 6) is -0.781. The number of rotatable bonds is 7. The van der Waals surface area contributed by atoms with E-state index in [1.54, 1.807) is 37.3 Å². The van der Waals surface area contributed by atoms with Crippen molar-refractivity contribution < 1.29 is 27.8 Å². The van der Waals surface area contributed by atoms with Crippen molar-refractivity contribution >= 4 is 15.8 Å². The van der Waals surface area contributed by atoms with Crippen LogP contribution in [0.3, 0.4) is 0 Å². The number of hydrogen-bond donors (Lipinski definition) is 1. The van der Waals surface area contributed by atoms with E-state index in [0.29, 0.717) is 5.56 Å². The minimum Gasteiger partial charge on any atom is -0.461 e. The lowest BCUT2D eigenvalue weighted by Gasteiger charge is -2.12. The molecule has 1 unspecified atom stereocenters. The molecule has 0 saturated carbocycles. The summed E-state index contributed by atoms with van der Waals surface area (Å²) in [6.45, 7) is 1.62. The molecule has 24 heavy (non-hydrogen) atoms. The molecule has 1 aromatic heterocycles. The maximum Gasteiger partial charge on any atom is 0.357 e. The summed E-state index contributed by atoms with van der Waals surface area (Å²) in [7, 11) is -4.38. The fraction of sp³-hybridized carbons (Fsp3) is 0.267. The molecule has 0 aliphatic heterocycles. The molecule has 2 rings (SSSR count). The molecule has 9 heteroatoms. The number of aromatic nitrogens is 2. The van der Waals surface area contributed by atoms with Crippen molar-refractivity contribution in [3.05, 3.63) is 53.9 Å². The van der Waals surface area contributed by atoms with Gasteiger partial charge in [0.2, 0.25) is 0 Å². The van der Waals surface area contributed by atoms with Crippen LogP contribution in [0.4, 0.5) is 0 Å². The van der Waals surface area contributed by atoms with Gasteiger partial charge >= 0.3 is 5.97 Å². The van der Waals surface area contributed by atoms with Gasteiger partial charge in [-0.3, -0.25) is 0 Å². The minimum absolute atomic E-state index is 0.112. The Kier molecular flexibility index (Phi) is 5.96. The van der Waals surface area contributed by atoms with Crippen molar-refractivity contribution in [1.82, 2.24) is 9.97 Å². The number of benzene rings is 1. The summed E-state index contributed by atoms with van der Waals surface area (Å²) in [5.41, 5.74) is -1.69. The first-order valence-corrected chi connectivity index (χ1v) is 8.57. The van der Waals surface area contributed by atoms with Crippen LogP contribution in [-0.2, 0) is 25.9 Å². The van der Waals surface area contributed by atoms with E-state index in [1.807, 2.05) is 0 Å². The van der Waals surface area contributed by atoms with E-state index >= 15 is 0 Å². The van der Waals surface area contributed by atoms with E-state index in [2.05, 4.69) is 9.97 Å². The Morgan fingerprint density at radius 2 is 1.96 bits per heavy atom. The third-order valence-corrected chi connectivity index (χ3v) is 4.25. The second kappa shape index (κ2) is 7.95. The number of sulfone groups is 1. The number of ether oxygens (including phenoxy) is 2. The number of aliphatic hydroxyl groups is 1. The first kappa shape index (κ1) is 18.0. The molecule has 1 N–H and O–H groups in total. The zero-order valence-corrected chi connectivity index (χ0v) is 13.6. The van der Waals surface area contributed by atoms with E-state index in [9.17, 15) is 18.3 Å². The van der Waals surface area contributed by atoms with Crippen LogP contribution in [0.15, 0.2) is 47.8 Å². The molecule has 128 valence electrons. The molecule has 1 heterocycles. The summed E-state index contributed by atoms with van der Waals surface area (Å²) >= 11 is 0. The molecule has 2 aromatic rings. The third-order valence-electron chi connectivity index (χ3n) is 2.87. The highest BCUT2D eigenvalue weighted by atomic mass is 32.2. The predicted molar refractivity (Wildman–Crippen MR) is 82.4 cm³/mol. The number of carbonyl (C=O) groups excluding carboxylic acids is 1. The van der Waals surface area contributed by atoms with Crippen LogP contribution >= 0.6 is 0 Å². The molecule has 0 bridgehead atoms. The van der Waals surface area contributed by atoms with Gasteiger partial charge in [-0.2, -0.15) is 0 Å². The minimum atomic E-state index is -4.38. The van der Waals surface area contributed by atoms with E-state index in [4.69, 9.17) is 9.47 Å².